The largest absolute Gasteiger partial charge is 0.481 e. The fourth-order valence-electron chi connectivity index (χ4n) is 3.07. The zero-order valence-electron chi connectivity index (χ0n) is 10.9. The molecule has 0 heterocycles. The van der Waals surface area contributed by atoms with E-state index in [9.17, 15) is 9.59 Å². The quantitative estimate of drug-likeness (QED) is 0.787. The number of carbonyl (C=O) groups excluding carboxylic acids is 1. The van der Waals surface area contributed by atoms with Gasteiger partial charge in [0.05, 0.1) is 5.92 Å². The highest BCUT2D eigenvalue weighted by atomic mass is 16.4. The normalized spacial score (nSPS) is 33.6. The third-order valence-electron chi connectivity index (χ3n) is 5.12. The van der Waals surface area contributed by atoms with Crippen LogP contribution in [0.3, 0.4) is 0 Å². The maximum Gasteiger partial charge on any atom is 0.306 e. The minimum Gasteiger partial charge on any atom is -0.481 e. The van der Waals surface area contributed by atoms with Crippen molar-refractivity contribution < 1.29 is 14.7 Å². The van der Waals surface area contributed by atoms with Crippen LogP contribution in [0.5, 0.6) is 0 Å². The Balaban J connectivity index is 1.83. The third-order valence-corrected chi connectivity index (χ3v) is 5.12. The first-order valence-corrected chi connectivity index (χ1v) is 6.21. The van der Waals surface area contributed by atoms with Crippen LogP contribution in [-0.4, -0.2) is 23.0 Å². The van der Waals surface area contributed by atoms with Crippen LogP contribution in [-0.2, 0) is 9.59 Å². The Morgan fingerprint density at radius 1 is 1.12 bits per heavy atom. The van der Waals surface area contributed by atoms with Crippen LogP contribution in [0, 0.1) is 22.7 Å². The van der Waals surface area contributed by atoms with E-state index in [1.54, 1.807) is 0 Å². The summed E-state index contributed by atoms with van der Waals surface area (Å²) in [5.41, 5.74) is 0.0973. The highest BCUT2D eigenvalue weighted by Gasteiger charge is 2.68. The summed E-state index contributed by atoms with van der Waals surface area (Å²) >= 11 is 0. The summed E-state index contributed by atoms with van der Waals surface area (Å²) in [6, 6.07) is 0.0656. The zero-order valence-corrected chi connectivity index (χ0v) is 10.9. The predicted molar refractivity (Wildman–Crippen MR) is 63.3 cm³/mol. The lowest BCUT2D eigenvalue weighted by Crippen LogP contribution is -2.47. The summed E-state index contributed by atoms with van der Waals surface area (Å²) < 4.78 is 0. The Morgan fingerprint density at radius 2 is 1.59 bits per heavy atom. The van der Waals surface area contributed by atoms with Crippen molar-refractivity contribution in [2.24, 2.45) is 22.7 Å². The maximum atomic E-state index is 12.1. The molecule has 17 heavy (non-hydrogen) atoms. The fourth-order valence-corrected chi connectivity index (χ4v) is 3.07. The number of amides is 1. The molecule has 0 aliphatic heterocycles. The van der Waals surface area contributed by atoms with E-state index in [1.165, 1.54) is 0 Å². The van der Waals surface area contributed by atoms with Crippen LogP contribution in [0.25, 0.3) is 0 Å². The molecule has 4 heteroatoms. The first-order valence-electron chi connectivity index (χ1n) is 6.21. The second-order valence-corrected chi connectivity index (χ2v) is 6.59. The van der Waals surface area contributed by atoms with Gasteiger partial charge in [0.2, 0.25) is 5.91 Å². The molecule has 4 nitrogen and oxygen atoms in total. The molecular formula is C13H21NO3. The molecule has 0 saturated heterocycles. The molecule has 2 fully saturated rings. The summed E-state index contributed by atoms with van der Waals surface area (Å²) in [5.74, 6) is -0.865. The van der Waals surface area contributed by atoms with E-state index in [1.807, 2.05) is 0 Å². The molecule has 0 radical (unpaired) electrons. The van der Waals surface area contributed by atoms with Gasteiger partial charge in [0, 0.05) is 12.0 Å². The molecule has 0 bridgehead atoms. The van der Waals surface area contributed by atoms with Gasteiger partial charge in [-0.05, 0) is 23.7 Å². The predicted octanol–water partition coefficient (Wildman–Crippen LogP) is 1.65. The van der Waals surface area contributed by atoms with Crippen LogP contribution >= 0.6 is 0 Å². The molecule has 2 N–H and O–H groups in total. The van der Waals surface area contributed by atoms with Gasteiger partial charge < -0.3 is 10.4 Å². The lowest BCUT2D eigenvalue weighted by atomic mass is 9.80. The van der Waals surface area contributed by atoms with Crippen molar-refractivity contribution in [1.82, 2.24) is 5.32 Å². The lowest BCUT2D eigenvalue weighted by Gasteiger charge is -2.33. The molecule has 0 aromatic heterocycles. The van der Waals surface area contributed by atoms with Gasteiger partial charge in [0.1, 0.15) is 0 Å². The van der Waals surface area contributed by atoms with Crippen molar-refractivity contribution in [2.45, 2.75) is 46.6 Å². The summed E-state index contributed by atoms with van der Waals surface area (Å²) in [6.45, 7) is 8.44. The van der Waals surface area contributed by atoms with Gasteiger partial charge >= 0.3 is 5.97 Å². The smallest absolute Gasteiger partial charge is 0.306 e. The standard InChI is InChI=1S/C13H21NO3/c1-12(2)9(13(12,3)4)10(15)14-8-5-7(6-8)11(16)17/h7-9H,5-6H2,1-4H3,(H,14,15)(H,16,17). The lowest BCUT2D eigenvalue weighted by molar-refractivity contribution is -0.146. The number of hydrogen-bond donors (Lipinski definition) is 2. The first kappa shape index (κ1) is 12.4. The number of carboxylic acids is 1. The second-order valence-electron chi connectivity index (χ2n) is 6.59. The Hall–Kier alpha value is -1.06. The van der Waals surface area contributed by atoms with Crippen molar-refractivity contribution in [3.63, 3.8) is 0 Å². The summed E-state index contributed by atoms with van der Waals surface area (Å²) in [6.07, 6.45) is 1.16. The van der Waals surface area contributed by atoms with Crippen LogP contribution in [0.15, 0.2) is 0 Å². The van der Waals surface area contributed by atoms with Gasteiger partial charge in [-0.15, -0.1) is 0 Å². The van der Waals surface area contributed by atoms with E-state index < -0.39 is 5.97 Å². The topological polar surface area (TPSA) is 66.4 Å². The number of carboxylic acid groups (broad SMARTS) is 1. The average molecular weight is 239 g/mol. The average Bonchev–Trinajstić information content (AvgIpc) is 2.48. The number of rotatable bonds is 3. The molecule has 0 unspecified atom stereocenters. The molecule has 2 aliphatic rings. The van der Waals surface area contributed by atoms with Crippen LogP contribution < -0.4 is 5.32 Å². The van der Waals surface area contributed by atoms with E-state index in [4.69, 9.17) is 5.11 Å². The molecule has 96 valence electrons. The van der Waals surface area contributed by atoms with Crippen LogP contribution in [0.1, 0.15) is 40.5 Å². The highest BCUT2D eigenvalue weighted by molar-refractivity contribution is 5.84. The maximum absolute atomic E-state index is 12.1. The second kappa shape index (κ2) is 3.47. The molecule has 2 saturated carbocycles. The van der Waals surface area contributed by atoms with Crippen molar-refractivity contribution in [3.05, 3.63) is 0 Å². The number of aliphatic carboxylic acids is 1. The van der Waals surface area contributed by atoms with Gasteiger partial charge in [0.25, 0.3) is 0 Å². The van der Waals surface area contributed by atoms with Gasteiger partial charge in [-0.25, -0.2) is 0 Å². The molecule has 2 rings (SSSR count). The van der Waals surface area contributed by atoms with Gasteiger partial charge in [0.15, 0.2) is 0 Å². The Labute approximate surface area is 102 Å². The Bertz CT molecular complexity index is 353. The Morgan fingerprint density at radius 3 is 1.94 bits per heavy atom. The Kier molecular flexibility index (Phi) is 2.53. The molecule has 0 spiro atoms. The summed E-state index contributed by atoms with van der Waals surface area (Å²) in [7, 11) is 0. The van der Waals surface area contributed by atoms with Crippen LogP contribution in [0.2, 0.25) is 0 Å². The number of hydrogen-bond acceptors (Lipinski definition) is 2. The van der Waals surface area contributed by atoms with E-state index >= 15 is 0 Å². The first-order chi connectivity index (χ1) is 7.68. The monoisotopic (exact) mass is 239 g/mol. The van der Waals surface area contributed by atoms with E-state index in [0.717, 1.165) is 0 Å². The summed E-state index contributed by atoms with van der Waals surface area (Å²) in [4.78, 5) is 22.7. The number of carbonyl (C=O) groups is 2. The fraction of sp³-hybridized carbons (Fsp3) is 0.846. The van der Waals surface area contributed by atoms with E-state index in [-0.39, 0.29) is 34.6 Å². The van der Waals surface area contributed by atoms with Gasteiger partial charge in [-0.3, -0.25) is 9.59 Å². The molecule has 2 aliphatic carbocycles. The molecule has 0 aromatic rings. The zero-order chi connectivity index (χ0) is 13.0. The van der Waals surface area contributed by atoms with Crippen molar-refractivity contribution in [2.75, 3.05) is 0 Å². The number of nitrogens with one attached hydrogen (secondary N) is 1. The molecule has 0 atom stereocenters. The third kappa shape index (κ3) is 1.74. The van der Waals surface area contributed by atoms with E-state index in [0.29, 0.717) is 12.8 Å². The highest BCUT2D eigenvalue weighted by Crippen LogP contribution is 2.68. The van der Waals surface area contributed by atoms with Gasteiger partial charge in [-0.1, -0.05) is 27.7 Å². The van der Waals surface area contributed by atoms with Crippen molar-refractivity contribution in [1.29, 1.82) is 0 Å². The van der Waals surface area contributed by atoms with Crippen molar-refractivity contribution in [3.8, 4) is 0 Å². The SMILES string of the molecule is CC1(C)C(C(=O)NC2CC(C(=O)O)C2)C1(C)C. The van der Waals surface area contributed by atoms with Crippen LogP contribution in [0.4, 0.5) is 0 Å². The molecule has 0 aromatic carbocycles. The van der Waals surface area contributed by atoms with E-state index in [2.05, 4.69) is 33.0 Å². The van der Waals surface area contributed by atoms with Crippen molar-refractivity contribution >= 4 is 11.9 Å². The molecular weight excluding hydrogens is 218 g/mol. The minimum absolute atomic E-state index is 0.0486. The minimum atomic E-state index is -0.748. The summed E-state index contributed by atoms with van der Waals surface area (Å²) in [5, 5.41) is 11.7. The van der Waals surface area contributed by atoms with Gasteiger partial charge in [-0.2, -0.15) is 0 Å². The molecule has 1 amide bonds.